The third-order valence-electron chi connectivity index (χ3n) is 6.84. The van der Waals surface area contributed by atoms with Crippen LogP contribution in [-0.4, -0.2) is 25.2 Å². The SMILES string of the molecule is CCCCCCCCCCOC(=O)C1CC=C(C)CC1C(=O)OCCCCCCCCCC. The van der Waals surface area contributed by atoms with Crippen molar-refractivity contribution in [2.24, 2.45) is 11.8 Å². The van der Waals surface area contributed by atoms with Crippen LogP contribution in [0.5, 0.6) is 0 Å². The average Bonchev–Trinajstić information content (AvgIpc) is 2.81. The van der Waals surface area contributed by atoms with Gasteiger partial charge in [0.25, 0.3) is 0 Å². The second-order valence-electron chi connectivity index (χ2n) is 9.99. The van der Waals surface area contributed by atoms with Crippen molar-refractivity contribution in [1.29, 1.82) is 0 Å². The standard InChI is InChI=1S/C29H52O4/c1-4-6-8-10-12-14-16-18-22-32-28(30)26-21-20-25(3)24-27(26)29(31)33-23-19-17-15-13-11-9-7-5-2/h20,26-27H,4-19,21-24H2,1-3H3. The molecule has 0 saturated carbocycles. The van der Waals surface area contributed by atoms with Gasteiger partial charge < -0.3 is 9.47 Å². The summed E-state index contributed by atoms with van der Waals surface area (Å²) in [6.07, 6.45) is 22.7. The summed E-state index contributed by atoms with van der Waals surface area (Å²) in [5.41, 5.74) is 1.16. The number of carbonyl (C=O) groups is 2. The van der Waals surface area contributed by atoms with Crippen LogP contribution in [0.4, 0.5) is 0 Å². The van der Waals surface area contributed by atoms with Gasteiger partial charge in [-0.15, -0.1) is 0 Å². The molecule has 33 heavy (non-hydrogen) atoms. The summed E-state index contributed by atoms with van der Waals surface area (Å²) in [7, 11) is 0. The van der Waals surface area contributed by atoms with E-state index in [2.05, 4.69) is 19.9 Å². The Morgan fingerprint density at radius 2 is 1.06 bits per heavy atom. The van der Waals surface area contributed by atoms with E-state index < -0.39 is 11.8 Å². The molecule has 192 valence electrons. The lowest BCUT2D eigenvalue weighted by molar-refractivity contribution is -0.161. The summed E-state index contributed by atoms with van der Waals surface area (Å²) >= 11 is 0. The number of allylic oxidation sites excluding steroid dienone is 2. The van der Waals surface area contributed by atoms with Gasteiger partial charge in [0.1, 0.15) is 0 Å². The van der Waals surface area contributed by atoms with E-state index in [0.29, 0.717) is 26.1 Å². The number of hydrogen-bond donors (Lipinski definition) is 0. The molecule has 4 heteroatoms. The molecule has 4 nitrogen and oxygen atoms in total. The van der Waals surface area contributed by atoms with Gasteiger partial charge in [0, 0.05) is 0 Å². The van der Waals surface area contributed by atoms with Gasteiger partial charge in [0.2, 0.25) is 0 Å². The van der Waals surface area contributed by atoms with E-state index in [-0.39, 0.29) is 11.9 Å². The molecule has 0 fully saturated rings. The van der Waals surface area contributed by atoms with Gasteiger partial charge in [-0.3, -0.25) is 9.59 Å². The molecule has 2 atom stereocenters. The van der Waals surface area contributed by atoms with Crippen LogP contribution >= 0.6 is 0 Å². The highest BCUT2D eigenvalue weighted by Crippen LogP contribution is 2.32. The van der Waals surface area contributed by atoms with Crippen molar-refractivity contribution in [2.75, 3.05) is 13.2 Å². The number of hydrogen-bond acceptors (Lipinski definition) is 4. The van der Waals surface area contributed by atoms with Gasteiger partial charge in [0.15, 0.2) is 0 Å². The molecule has 0 aromatic heterocycles. The highest BCUT2D eigenvalue weighted by Gasteiger charge is 2.37. The lowest BCUT2D eigenvalue weighted by atomic mass is 9.80. The zero-order valence-electron chi connectivity index (χ0n) is 22.0. The van der Waals surface area contributed by atoms with Gasteiger partial charge in [-0.2, -0.15) is 0 Å². The van der Waals surface area contributed by atoms with E-state index in [9.17, 15) is 9.59 Å². The van der Waals surface area contributed by atoms with Gasteiger partial charge >= 0.3 is 11.9 Å². The lowest BCUT2D eigenvalue weighted by Gasteiger charge is -2.27. The molecule has 0 bridgehead atoms. The first-order chi connectivity index (χ1) is 16.1. The Hall–Kier alpha value is -1.32. The number of esters is 2. The first-order valence-corrected chi connectivity index (χ1v) is 14.1. The molecule has 0 aromatic rings. The lowest BCUT2D eigenvalue weighted by Crippen LogP contribution is -2.34. The summed E-state index contributed by atoms with van der Waals surface area (Å²) < 4.78 is 11.1. The zero-order valence-corrected chi connectivity index (χ0v) is 22.0. The number of unbranched alkanes of at least 4 members (excludes halogenated alkanes) is 14. The van der Waals surface area contributed by atoms with E-state index in [1.807, 2.05) is 6.92 Å². The fraction of sp³-hybridized carbons (Fsp3) is 0.862. The largest absolute Gasteiger partial charge is 0.465 e. The highest BCUT2D eigenvalue weighted by atomic mass is 16.5. The monoisotopic (exact) mass is 464 g/mol. The fourth-order valence-electron chi connectivity index (χ4n) is 4.60. The maximum Gasteiger partial charge on any atom is 0.310 e. The maximum absolute atomic E-state index is 12.7. The summed E-state index contributed by atoms with van der Waals surface area (Å²) in [6.45, 7) is 7.43. The molecule has 0 aromatic carbocycles. The molecule has 0 spiro atoms. The van der Waals surface area contributed by atoms with Crippen LogP contribution in [-0.2, 0) is 19.1 Å². The molecule has 1 rings (SSSR count). The summed E-state index contributed by atoms with van der Waals surface area (Å²) in [5, 5.41) is 0. The van der Waals surface area contributed by atoms with Crippen molar-refractivity contribution in [2.45, 2.75) is 136 Å². The van der Waals surface area contributed by atoms with Crippen molar-refractivity contribution < 1.29 is 19.1 Å². The Labute approximate surface area is 204 Å². The van der Waals surface area contributed by atoms with Crippen molar-refractivity contribution in [1.82, 2.24) is 0 Å². The number of ether oxygens (including phenoxy) is 2. The van der Waals surface area contributed by atoms with E-state index in [0.717, 1.165) is 31.3 Å². The Kier molecular flexibility index (Phi) is 18.1. The minimum atomic E-state index is -0.395. The summed E-state index contributed by atoms with van der Waals surface area (Å²) in [5.74, 6) is -1.24. The minimum absolute atomic E-state index is 0.223. The average molecular weight is 465 g/mol. The van der Waals surface area contributed by atoms with Crippen LogP contribution in [0.3, 0.4) is 0 Å². The number of rotatable bonds is 20. The van der Waals surface area contributed by atoms with Crippen LogP contribution in [0.1, 0.15) is 136 Å². The molecule has 2 unspecified atom stereocenters. The molecule has 0 saturated heterocycles. The van der Waals surface area contributed by atoms with Crippen molar-refractivity contribution in [3.63, 3.8) is 0 Å². The molecule has 0 heterocycles. The molecular formula is C29H52O4. The number of carbonyl (C=O) groups excluding carboxylic acids is 2. The molecule has 0 radical (unpaired) electrons. The molecule has 0 amide bonds. The molecule has 1 aliphatic rings. The molecule has 0 aliphatic heterocycles. The van der Waals surface area contributed by atoms with Crippen molar-refractivity contribution in [3.05, 3.63) is 11.6 Å². The van der Waals surface area contributed by atoms with Crippen LogP contribution in [0, 0.1) is 11.8 Å². The third-order valence-corrected chi connectivity index (χ3v) is 6.84. The Morgan fingerprint density at radius 3 is 1.52 bits per heavy atom. The Morgan fingerprint density at radius 1 is 0.667 bits per heavy atom. The second kappa shape index (κ2) is 20.1. The van der Waals surface area contributed by atoms with E-state index >= 15 is 0 Å². The molecule has 0 N–H and O–H groups in total. The predicted molar refractivity (Wildman–Crippen MR) is 137 cm³/mol. The molecule has 1 aliphatic carbocycles. The first-order valence-electron chi connectivity index (χ1n) is 14.1. The fourth-order valence-corrected chi connectivity index (χ4v) is 4.60. The maximum atomic E-state index is 12.7. The zero-order chi connectivity index (χ0) is 24.2. The van der Waals surface area contributed by atoms with Gasteiger partial charge in [-0.05, 0) is 32.6 Å². The van der Waals surface area contributed by atoms with Gasteiger partial charge in [-0.1, -0.05) is 115 Å². The Balaban J connectivity index is 2.23. The first kappa shape index (κ1) is 29.7. The highest BCUT2D eigenvalue weighted by molar-refractivity contribution is 5.83. The minimum Gasteiger partial charge on any atom is -0.465 e. The van der Waals surface area contributed by atoms with Crippen molar-refractivity contribution >= 4 is 11.9 Å². The van der Waals surface area contributed by atoms with Crippen LogP contribution in [0.25, 0.3) is 0 Å². The van der Waals surface area contributed by atoms with Crippen LogP contribution in [0.15, 0.2) is 11.6 Å². The normalized spacial score (nSPS) is 18.1. The second-order valence-corrected chi connectivity index (χ2v) is 9.99. The van der Waals surface area contributed by atoms with E-state index in [1.54, 1.807) is 0 Å². The smallest absolute Gasteiger partial charge is 0.310 e. The topological polar surface area (TPSA) is 52.6 Å². The summed E-state index contributed by atoms with van der Waals surface area (Å²) in [6, 6.07) is 0. The third kappa shape index (κ3) is 14.5. The molecular weight excluding hydrogens is 412 g/mol. The van der Waals surface area contributed by atoms with Gasteiger partial charge in [0.05, 0.1) is 25.0 Å². The van der Waals surface area contributed by atoms with Gasteiger partial charge in [-0.25, -0.2) is 0 Å². The Bertz CT molecular complexity index is 540. The quantitative estimate of drug-likeness (QED) is 0.103. The van der Waals surface area contributed by atoms with E-state index in [4.69, 9.17) is 9.47 Å². The van der Waals surface area contributed by atoms with Crippen LogP contribution in [0.2, 0.25) is 0 Å². The van der Waals surface area contributed by atoms with Crippen LogP contribution < -0.4 is 0 Å². The van der Waals surface area contributed by atoms with Crippen molar-refractivity contribution in [3.8, 4) is 0 Å². The predicted octanol–water partition coefficient (Wildman–Crippen LogP) is 8.33. The summed E-state index contributed by atoms with van der Waals surface area (Å²) in [4.78, 5) is 25.4. The van der Waals surface area contributed by atoms with E-state index in [1.165, 1.54) is 77.0 Å².